The summed E-state index contributed by atoms with van der Waals surface area (Å²) in [5.41, 5.74) is 8.43. The van der Waals surface area contributed by atoms with Crippen LogP contribution in [0.1, 0.15) is 0 Å². The number of hydrogen-bond donors (Lipinski definition) is 1. The van der Waals surface area contributed by atoms with Crippen LogP contribution in [0, 0.1) is 0 Å². The number of aromatic hydroxyl groups is 1. The van der Waals surface area contributed by atoms with Crippen LogP contribution in [0.15, 0.2) is 21.7 Å². The maximum absolute atomic E-state index is 9.12. The maximum Gasteiger partial charge on any atom is 0.134 e. The second kappa shape index (κ2) is 3.67. The zero-order valence-electron chi connectivity index (χ0n) is 5.70. The van der Waals surface area contributed by atoms with Crippen molar-refractivity contribution >= 4 is 33.2 Å². The fraction of sp³-hybridized carbons (Fsp3) is 0. The van der Waals surface area contributed by atoms with Crippen molar-refractivity contribution in [2.75, 3.05) is 0 Å². The van der Waals surface area contributed by atoms with Gasteiger partial charge in [-0.25, -0.2) is 0 Å². The third kappa shape index (κ3) is 1.82. The van der Waals surface area contributed by atoms with Gasteiger partial charge in [-0.2, -0.15) is 0 Å². The lowest BCUT2D eigenvalue weighted by Crippen LogP contribution is -1.70. The Kier molecular flexibility index (Phi) is 2.81. The van der Waals surface area contributed by atoms with Gasteiger partial charge in [-0.3, -0.25) is 0 Å². The zero-order valence-corrected chi connectivity index (χ0v) is 8.04. The van der Waals surface area contributed by atoms with E-state index in [1.165, 1.54) is 12.1 Å². The van der Waals surface area contributed by atoms with Gasteiger partial charge in [-0.1, -0.05) is 32.6 Å². The van der Waals surface area contributed by atoms with E-state index in [4.69, 9.17) is 22.2 Å². The number of azide groups is 1. The summed E-state index contributed by atoms with van der Waals surface area (Å²) in [5, 5.41) is 12.6. The Labute approximate surface area is 81.5 Å². The van der Waals surface area contributed by atoms with Crippen LogP contribution in [0.5, 0.6) is 5.75 Å². The molecule has 6 heteroatoms. The predicted molar refractivity (Wildman–Crippen MR) is 49.6 cm³/mol. The number of phenolic OH excluding ortho intramolecular Hbond substituents is 1. The van der Waals surface area contributed by atoms with E-state index in [9.17, 15) is 0 Å². The van der Waals surface area contributed by atoms with Crippen molar-refractivity contribution in [3.63, 3.8) is 0 Å². The van der Waals surface area contributed by atoms with Crippen LogP contribution < -0.4 is 0 Å². The van der Waals surface area contributed by atoms with Gasteiger partial charge in [-0.15, -0.1) is 0 Å². The summed E-state index contributed by atoms with van der Waals surface area (Å²) in [5.74, 6) is -0.109. The molecule has 0 atom stereocenters. The van der Waals surface area contributed by atoms with Gasteiger partial charge in [0.1, 0.15) is 5.75 Å². The van der Waals surface area contributed by atoms with Gasteiger partial charge in [0.15, 0.2) is 0 Å². The molecule has 0 aliphatic heterocycles. The number of phenols is 1. The van der Waals surface area contributed by atoms with E-state index >= 15 is 0 Å². The van der Waals surface area contributed by atoms with E-state index in [-0.39, 0.29) is 10.8 Å². The Hall–Kier alpha value is -0.900. The number of hydrogen-bond acceptors (Lipinski definition) is 2. The van der Waals surface area contributed by atoms with E-state index in [1.807, 2.05) is 0 Å². The summed E-state index contributed by atoms with van der Waals surface area (Å²) in [6.45, 7) is 0. The number of benzene rings is 1. The van der Waals surface area contributed by atoms with Crippen molar-refractivity contribution in [2.45, 2.75) is 0 Å². The van der Waals surface area contributed by atoms with E-state index < -0.39 is 0 Å². The molecule has 1 aromatic carbocycles. The van der Waals surface area contributed by atoms with Crippen molar-refractivity contribution in [1.29, 1.82) is 0 Å². The molecule has 4 nitrogen and oxygen atoms in total. The van der Waals surface area contributed by atoms with Crippen LogP contribution in [0.4, 0.5) is 5.69 Å². The highest BCUT2D eigenvalue weighted by Crippen LogP contribution is 2.35. The van der Waals surface area contributed by atoms with Crippen LogP contribution in [-0.4, -0.2) is 5.11 Å². The average Bonchev–Trinajstić information content (AvgIpc) is 2.01. The van der Waals surface area contributed by atoms with E-state index in [1.54, 1.807) is 0 Å². The monoisotopic (exact) mass is 247 g/mol. The largest absolute Gasteiger partial charge is 0.506 e. The van der Waals surface area contributed by atoms with E-state index in [0.717, 1.165) is 0 Å². The summed E-state index contributed by atoms with van der Waals surface area (Å²) < 4.78 is 0.545. The standard InChI is InChI=1S/C6H3BrClN3O/c7-3-1-4(8)6(12)2-5(3)10-11-9/h1-2,12H. The summed E-state index contributed by atoms with van der Waals surface area (Å²) in [4.78, 5) is 2.58. The molecule has 0 fully saturated rings. The van der Waals surface area contributed by atoms with Gasteiger partial charge in [0.25, 0.3) is 0 Å². The fourth-order valence-electron chi connectivity index (χ4n) is 0.651. The molecule has 0 aliphatic carbocycles. The molecule has 0 saturated heterocycles. The number of nitrogens with zero attached hydrogens (tertiary/aromatic N) is 3. The van der Waals surface area contributed by atoms with Crippen LogP contribution >= 0.6 is 27.5 Å². The Morgan fingerprint density at radius 1 is 1.58 bits per heavy atom. The Morgan fingerprint density at radius 3 is 2.83 bits per heavy atom. The van der Waals surface area contributed by atoms with Crippen LogP contribution in [0.3, 0.4) is 0 Å². The molecule has 0 saturated carbocycles. The highest BCUT2D eigenvalue weighted by Gasteiger charge is 2.03. The second-order valence-corrected chi connectivity index (χ2v) is 3.21. The van der Waals surface area contributed by atoms with E-state index in [2.05, 4.69) is 26.0 Å². The van der Waals surface area contributed by atoms with Crippen molar-refractivity contribution in [3.05, 3.63) is 32.1 Å². The quantitative estimate of drug-likeness (QED) is 0.459. The van der Waals surface area contributed by atoms with Gasteiger partial charge in [0, 0.05) is 9.38 Å². The van der Waals surface area contributed by atoms with Gasteiger partial charge in [0.05, 0.1) is 10.7 Å². The minimum Gasteiger partial charge on any atom is -0.506 e. The Balaban J connectivity index is 3.32. The first-order chi connectivity index (χ1) is 5.65. The lowest BCUT2D eigenvalue weighted by molar-refractivity contribution is 0.475. The molecule has 0 amide bonds. The molecule has 0 bridgehead atoms. The molecule has 12 heavy (non-hydrogen) atoms. The molecule has 1 rings (SSSR count). The minimum atomic E-state index is -0.109. The first kappa shape index (κ1) is 9.19. The normalized spacial score (nSPS) is 9.17. The first-order valence-corrected chi connectivity index (χ1v) is 4.05. The van der Waals surface area contributed by atoms with Crippen molar-refractivity contribution in [3.8, 4) is 5.75 Å². The highest BCUT2D eigenvalue weighted by atomic mass is 79.9. The fourth-order valence-corrected chi connectivity index (χ4v) is 1.37. The lowest BCUT2D eigenvalue weighted by atomic mass is 10.3. The summed E-state index contributed by atoms with van der Waals surface area (Å²) in [7, 11) is 0. The van der Waals surface area contributed by atoms with Crippen molar-refractivity contribution < 1.29 is 5.11 Å². The molecule has 1 N–H and O–H groups in total. The molecule has 0 unspecified atom stereocenters. The van der Waals surface area contributed by atoms with E-state index in [0.29, 0.717) is 10.2 Å². The topological polar surface area (TPSA) is 69.0 Å². The molecule has 0 aromatic heterocycles. The van der Waals surface area contributed by atoms with Gasteiger partial charge >= 0.3 is 0 Å². The SMILES string of the molecule is [N-]=[N+]=Nc1cc(O)c(Cl)cc1Br. The molecule has 0 heterocycles. The number of rotatable bonds is 1. The van der Waals surface area contributed by atoms with Crippen LogP contribution in [-0.2, 0) is 0 Å². The van der Waals surface area contributed by atoms with Gasteiger partial charge in [-0.05, 0) is 17.7 Å². The van der Waals surface area contributed by atoms with Gasteiger partial charge < -0.3 is 5.11 Å². The Morgan fingerprint density at radius 2 is 2.25 bits per heavy atom. The first-order valence-electron chi connectivity index (χ1n) is 2.88. The molecule has 0 aliphatic rings. The molecule has 0 spiro atoms. The summed E-state index contributed by atoms with van der Waals surface area (Å²) >= 11 is 8.69. The van der Waals surface area contributed by atoms with Crippen LogP contribution in [0.25, 0.3) is 10.4 Å². The van der Waals surface area contributed by atoms with Crippen molar-refractivity contribution in [1.82, 2.24) is 0 Å². The molecular weight excluding hydrogens is 245 g/mol. The lowest BCUT2D eigenvalue weighted by Gasteiger charge is -1.99. The molecular formula is C6H3BrClN3O. The average molecular weight is 248 g/mol. The molecule has 0 radical (unpaired) electrons. The maximum atomic E-state index is 9.12. The van der Waals surface area contributed by atoms with Crippen LogP contribution in [0.2, 0.25) is 5.02 Å². The second-order valence-electron chi connectivity index (χ2n) is 1.94. The third-order valence-electron chi connectivity index (χ3n) is 1.17. The Bertz CT molecular complexity index is 362. The molecule has 1 aromatic rings. The number of halogens is 2. The molecule has 62 valence electrons. The van der Waals surface area contributed by atoms with Gasteiger partial charge in [0.2, 0.25) is 0 Å². The predicted octanol–water partition coefficient (Wildman–Crippen LogP) is 3.75. The highest BCUT2D eigenvalue weighted by molar-refractivity contribution is 9.10. The summed E-state index contributed by atoms with van der Waals surface area (Å²) in [6.07, 6.45) is 0. The summed E-state index contributed by atoms with van der Waals surface area (Å²) in [6, 6.07) is 2.74. The third-order valence-corrected chi connectivity index (χ3v) is 2.11. The zero-order chi connectivity index (χ0) is 9.14. The minimum absolute atomic E-state index is 0.109. The van der Waals surface area contributed by atoms with Crippen molar-refractivity contribution in [2.24, 2.45) is 5.11 Å². The smallest absolute Gasteiger partial charge is 0.134 e.